The van der Waals surface area contributed by atoms with Crippen LogP contribution >= 0.6 is 23.1 Å². The molecule has 1 amide bonds. The van der Waals surface area contributed by atoms with Crippen molar-refractivity contribution in [2.75, 3.05) is 17.7 Å². The van der Waals surface area contributed by atoms with Crippen LogP contribution in [0.4, 0.5) is 5.13 Å². The van der Waals surface area contributed by atoms with Crippen molar-refractivity contribution in [1.82, 2.24) is 15.0 Å². The van der Waals surface area contributed by atoms with Crippen LogP contribution in [0.2, 0.25) is 0 Å². The maximum atomic E-state index is 12.2. The van der Waals surface area contributed by atoms with Gasteiger partial charge >= 0.3 is 11.7 Å². The molecule has 0 aliphatic heterocycles. The van der Waals surface area contributed by atoms with Crippen LogP contribution in [0.3, 0.4) is 0 Å². The number of nitrogens with one attached hydrogen (secondary N) is 3. The number of ether oxygens (including phenoxy) is 1. The van der Waals surface area contributed by atoms with Crippen LogP contribution in [-0.2, 0) is 26.5 Å². The fourth-order valence-corrected chi connectivity index (χ4v) is 5.30. The predicted octanol–water partition coefficient (Wildman–Crippen LogP) is 1.40. The Balaban J connectivity index is 1.45. The van der Waals surface area contributed by atoms with Gasteiger partial charge in [0, 0.05) is 28.3 Å². The van der Waals surface area contributed by atoms with Crippen molar-refractivity contribution >= 4 is 45.9 Å². The van der Waals surface area contributed by atoms with Gasteiger partial charge in [-0.05, 0) is 18.8 Å². The standard InChI is InChI=1S/C19H22N4O6S2/c1-9-10(16(27)23-17(28)20-9)7-30-8-14(26)29-6-13(25)21-18-22-15-11(24)4-19(2,3)5-12(15)31-18/h4-8H2,1-3H3,(H,21,22,25)(H2,20,23,27,28). The Morgan fingerprint density at radius 1 is 1.23 bits per heavy atom. The van der Waals surface area contributed by atoms with Crippen molar-refractivity contribution in [2.24, 2.45) is 5.41 Å². The van der Waals surface area contributed by atoms with Gasteiger partial charge in [0.25, 0.3) is 11.5 Å². The Labute approximate surface area is 185 Å². The first-order chi connectivity index (χ1) is 14.5. The number of nitrogens with zero attached hydrogens (tertiary/aromatic N) is 1. The summed E-state index contributed by atoms with van der Waals surface area (Å²) in [6.45, 7) is 5.14. The summed E-state index contributed by atoms with van der Waals surface area (Å²) < 4.78 is 4.94. The van der Waals surface area contributed by atoms with Gasteiger partial charge in [0.05, 0.1) is 5.75 Å². The summed E-state index contributed by atoms with van der Waals surface area (Å²) in [4.78, 5) is 68.7. The van der Waals surface area contributed by atoms with E-state index in [0.29, 0.717) is 34.9 Å². The molecule has 0 unspecified atom stereocenters. The second-order valence-corrected chi connectivity index (χ2v) is 10.0. The number of fused-ring (bicyclic) bond motifs is 1. The summed E-state index contributed by atoms with van der Waals surface area (Å²) >= 11 is 2.38. The van der Waals surface area contributed by atoms with Crippen LogP contribution in [-0.4, -0.2) is 45.0 Å². The molecule has 3 N–H and O–H groups in total. The number of anilines is 1. The highest BCUT2D eigenvalue weighted by molar-refractivity contribution is 7.99. The number of carbonyl (C=O) groups is 3. The number of thioether (sulfide) groups is 1. The number of esters is 1. The third-order valence-corrected chi connectivity index (χ3v) is 6.47. The highest BCUT2D eigenvalue weighted by Gasteiger charge is 2.34. The predicted molar refractivity (Wildman–Crippen MR) is 117 cm³/mol. The minimum Gasteiger partial charge on any atom is -0.455 e. The second-order valence-electron chi connectivity index (χ2n) is 7.95. The first-order valence-electron chi connectivity index (χ1n) is 9.42. The zero-order valence-corrected chi connectivity index (χ0v) is 18.9. The van der Waals surface area contributed by atoms with Crippen molar-refractivity contribution in [3.05, 3.63) is 42.7 Å². The molecule has 2 heterocycles. The highest BCUT2D eigenvalue weighted by atomic mass is 32.2. The Morgan fingerprint density at radius 2 is 1.97 bits per heavy atom. The second kappa shape index (κ2) is 9.18. The number of Topliss-reactive ketones (excluding diaryl/α,β-unsaturated/α-hetero) is 1. The SMILES string of the molecule is Cc1[nH]c(=O)[nH]c(=O)c1CSCC(=O)OCC(=O)Nc1nc2c(s1)CC(C)(C)CC2=O. The number of hydrogen-bond acceptors (Lipinski definition) is 9. The lowest BCUT2D eigenvalue weighted by molar-refractivity contribution is -0.144. The van der Waals surface area contributed by atoms with Crippen LogP contribution in [0.1, 0.15) is 46.9 Å². The number of hydrogen-bond donors (Lipinski definition) is 3. The van der Waals surface area contributed by atoms with E-state index >= 15 is 0 Å². The topological polar surface area (TPSA) is 151 Å². The molecule has 0 radical (unpaired) electrons. The van der Waals surface area contributed by atoms with Crippen molar-refractivity contribution < 1.29 is 19.1 Å². The molecule has 0 atom stereocenters. The van der Waals surface area contributed by atoms with Crippen molar-refractivity contribution in [2.45, 2.75) is 39.4 Å². The first kappa shape index (κ1) is 22.9. The number of carbonyl (C=O) groups excluding carboxylic acids is 3. The number of amides is 1. The molecule has 31 heavy (non-hydrogen) atoms. The number of rotatable bonds is 7. The molecule has 12 heteroatoms. The molecular weight excluding hydrogens is 444 g/mol. The van der Waals surface area contributed by atoms with E-state index in [1.165, 1.54) is 11.3 Å². The Morgan fingerprint density at radius 3 is 2.68 bits per heavy atom. The third-order valence-electron chi connectivity index (χ3n) is 4.57. The average molecular weight is 467 g/mol. The minimum absolute atomic E-state index is 0.0389. The van der Waals surface area contributed by atoms with Crippen LogP contribution in [0.25, 0.3) is 0 Å². The summed E-state index contributed by atoms with van der Waals surface area (Å²) in [5, 5.41) is 2.86. The Bertz CT molecular complexity index is 1150. The average Bonchev–Trinajstić information content (AvgIpc) is 3.03. The summed E-state index contributed by atoms with van der Waals surface area (Å²) in [5.41, 5.74) is -0.0302. The lowest BCUT2D eigenvalue weighted by Gasteiger charge is -2.26. The van der Waals surface area contributed by atoms with E-state index in [2.05, 4.69) is 20.3 Å². The molecule has 2 aromatic heterocycles. The number of H-pyrrole nitrogens is 2. The van der Waals surface area contributed by atoms with Gasteiger partial charge in [0.2, 0.25) is 0 Å². The van der Waals surface area contributed by atoms with Gasteiger partial charge in [-0.25, -0.2) is 9.78 Å². The molecule has 0 fully saturated rings. The Hall–Kier alpha value is -2.73. The zero-order valence-electron chi connectivity index (χ0n) is 17.2. The van der Waals surface area contributed by atoms with Gasteiger partial charge in [-0.2, -0.15) is 0 Å². The van der Waals surface area contributed by atoms with Gasteiger partial charge in [-0.15, -0.1) is 23.1 Å². The maximum absolute atomic E-state index is 12.2. The quantitative estimate of drug-likeness (QED) is 0.518. The maximum Gasteiger partial charge on any atom is 0.325 e. The monoisotopic (exact) mass is 466 g/mol. The number of aromatic amines is 2. The molecular formula is C19H22N4O6S2. The summed E-state index contributed by atoms with van der Waals surface area (Å²) in [7, 11) is 0. The number of aromatic nitrogens is 3. The van der Waals surface area contributed by atoms with Crippen molar-refractivity contribution in [3.8, 4) is 0 Å². The summed E-state index contributed by atoms with van der Waals surface area (Å²) in [6, 6.07) is 0. The summed E-state index contributed by atoms with van der Waals surface area (Å²) in [6.07, 6.45) is 1.13. The van der Waals surface area contributed by atoms with Gasteiger partial charge in [0.1, 0.15) is 5.69 Å². The normalized spacial score (nSPS) is 14.7. The molecule has 3 rings (SSSR count). The molecule has 0 bridgehead atoms. The van der Waals surface area contributed by atoms with E-state index in [4.69, 9.17) is 4.74 Å². The van der Waals surface area contributed by atoms with E-state index in [1.54, 1.807) is 6.92 Å². The molecule has 166 valence electrons. The molecule has 2 aromatic rings. The van der Waals surface area contributed by atoms with Crippen LogP contribution in [0.15, 0.2) is 9.59 Å². The molecule has 1 aliphatic carbocycles. The van der Waals surface area contributed by atoms with E-state index in [0.717, 1.165) is 16.6 Å². The van der Waals surface area contributed by atoms with Gasteiger partial charge < -0.3 is 9.72 Å². The summed E-state index contributed by atoms with van der Waals surface area (Å²) in [5.74, 6) is -1.07. The third kappa shape index (κ3) is 5.91. The lowest BCUT2D eigenvalue weighted by atomic mass is 9.78. The minimum atomic E-state index is -0.617. The zero-order chi connectivity index (χ0) is 22.8. The highest BCUT2D eigenvalue weighted by Crippen LogP contribution is 2.38. The van der Waals surface area contributed by atoms with E-state index in [-0.39, 0.29) is 22.7 Å². The smallest absolute Gasteiger partial charge is 0.325 e. The fraction of sp³-hybridized carbons (Fsp3) is 0.474. The van der Waals surface area contributed by atoms with E-state index in [9.17, 15) is 24.0 Å². The van der Waals surface area contributed by atoms with Gasteiger partial charge in [0.15, 0.2) is 17.5 Å². The fourth-order valence-electron chi connectivity index (χ4n) is 3.14. The molecule has 1 aliphatic rings. The van der Waals surface area contributed by atoms with Crippen LogP contribution < -0.4 is 16.6 Å². The molecule has 0 aromatic carbocycles. The van der Waals surface area contributed by atoms with Gasteiger partial charge in [-0.1, -0.05) is 13.8 Å². The number of ketones is 1. The first-order valence-corrected chi connectivity index (χ1v) is 11.4. The molecule has 10 nitrogen and oxygen atoms in total. The number of thiazole rings is 1. The largest absolute Gasteiger partial charge is 0.455 e. The molecule has 0 saturated carbocycles. The number of aryl methyl sites for hydroxylation is 1. The van der Waals surface area contributed by atoms with Gasteiger partial charge in [-0.3, -0.25) is 29.5 Å². The van der Waals surface area contributed by atoms with Crippen molar-refractivity contribution in [1.29, 1.82) is 0 Å². The van der Waals surface area contributed by atoms with Crippen LogP contribution in [0, 0.1) is 12.3 Å². The van der Waals surface area contributed by atoms with E-state index < -0.39 is 29.7 Å². The van der Waals surface area contributed by atoms with Crippen molar-refractivity contribution in [3.63, 3.8) is 0 Å². The molecule has 0 saturated heterocycles. The Kier molecular flexibility index (Phi) is 6.80. The lowest BCUT2D eigenvalue weighted by Crippen LogP contribution is -2.27. The van der Waals surface area contributed by atoms with E-state index in [1.807, 2.05) is 13.8 Å². The molecule has 0 spiro atoms. The van der Waals surface area contributed by atoms with Crippen LogP contribution in [0.5, 0.6) is 0 Å².